The Bertz CT molecular complexity index is 2400. The number of rotatable bonds is 9. The SMILES string of the molecule is CCCc1ccc(C(=O)C[n+]2ccccc2)cc1.Fc1c(F)c(F)c([B-](c2c(F)c(F)c(F)c(F)c2F)(c2c(F)c(F)c(F)c(F)c2F)c2c(F)c(F)c(F)c(F)c2F)c(F)c1F. The van der Waals surface area contributed by atoms with E-state index in [0.717, 1.165) is 18.4 Å². The van der Waals surface area contributed by atoms with Crippen molar-refractivity contribution in [2.45, 2.75) is 26.3 Å². The number of aryl methyl sites for hydroxylation is 1. The summed E-state index contributed by atoms with van der Waals surface area (Å²) in [4.78, 5) is 12.1. The van der Waals surface area contributed by atoms with Gasteiger partial charge in [0, 0.05) is 17.7 Å². The van der Waals surface area contributed by atoms with E-state index in [1.54, 1.807) is 0 Å². The molecule has 0 unspecified atom stereocenters. The fourth-order valence-electron chi connectivity index (χ4n) is 6.82. The molecule has 0 aliphatic rings. The van der Waals surface area contributed by atoms with Crippen LogP contribution in [0.5, 0.6) is 0 Å². The summed E-state index contributed by atoms with van der Waals surface area (Å²) in [6.07, 6.45) is -1.20. The molecule has 0 radical (unpaired) electrons. The highest BCUT2D eigenvalue weighted by Gasteiger charge is 2.52. The van der Waals surface area contributed by atoms with Gasteiger partial charge in [0.15, 0.2) is 82.2 Å². The lowest BCUT2D eigenvalue weighted by molar-refractivity contribution is -0.683. The summed E-state index contributed by atoms with van der Waals surface area (Å²) in [6, 6.07) is 13.8. The molecule has 332 valence electrons. The lowest BCUT2D eigenvalue weighted by atomic mass is 9.12. The van der Waals surface area contributed by atoms with E-state index in [1.807, 2.05) is 59.4 Å². The van der Waals surface area contributed by atoms with E-state index in [0.29, 0.717) is 6.54 Å². The third-order valence-corrected chi connectivity index (χ3v) is 9.63. The molecule has 0 aliphatic carbocycles. The van der Waals surface area contributed by atoms with E-state index >= 15 is 35.1 Å². The number of benzene rings is 5. The maximum Gasteiger partial charge on any atom is 0.227 e. The minimum Gasteiger partial charge on any atom is -0.287 e. The first-order valence-electron chi connectivity index (χ1n) is 17.3. The summed E-state index contributed by atoms with van der Waals surface area (Å²) in [7, 11) is 0. The fourth-order valence-corrected chi connectivity index (χ4v) is 6.82. The van der Waals surface area contributed by atoms with Gasteiger partial charge in [-0.2, -0.15) is 4.57 Å². The Kier molecular flexibility index (Phi) is 13.7. The maximum atomic E-state index is 15.4. The van der Waals surface area contributed by atoms with Crippen molar-refractivity contribution >= 4 is 33.8 Å². The summed E-state index contributed by atoms with van der Waals surface area (Å²) in [6.45, 7) is 2.55. The first kappa shape index (κ1) is 47.6. The van der Waals surface area contributed by atoms with Crippen LogP contribution in [0.4, 0.5) is 87.8 Å². The molecular formula is C40H18BF20NO. The highest BCUT2D eigenvalue weighted by Crippen LogP contribution is 2.30. The predicted octanol–water partition coefficient (Wildman–Crippen LogP) is 8.66. The zero-order chi connectivity index (χ0) is 47.2. The van der Waals surface area contributed by atoms with Gasteiger partial charge in [0.25, 0.3) is 0 Å². The second-order valence-electron chi connectivity index (χ2n) is 13.2. The molecule has 0 saturated heterocycles. The molecule has 2 nitrogen and oxygen atoms in total. The summed E-state index contributed by atoms with van der Waals surface area (Å²) in [5.74, 6) is -71.3. The van der Waals surface area contributed by atoms with Crippen LogP contribution in [0, 0.1) is 116 Å². The third kappa shape index (κ3) is 7.85. The summed E-state index contributed by atoms with van der Waals surface area (Å²) in [5, 5.41) is 0. The van der Waals surface area contributed by atoms with Crippen molar-refractivity contribution in [1.29, 1.82) is 0 Å². The molecule has 0 atom stereocenters. The van der Waals surface area contributed by atoms with Gasteiger partial charge in [-0.05, 0) is 12.0 Å². The molecule has 1 heterocycles. The van der Waals surface area contributed by atoms with Crippen LogP contribution in [0.15, 0.2) is 54.9 Å². The second-order valence-corrected chi connectivity index (χ2v) is 13.2. The van der Waals surface area contributed by atoms with Gasteiger partial charge in [0.1, 0.15) is 52.7 Å². The van der Waals surface area contributed by atoms with Gasteiger partial charge < -0.3 is 0 Å². The zero-order valence-electron chi connectivity index (χ0n) is 30.8. The Hall–Kier alpha value is -6.42. The number of ketones is 1. The number of pyridine rings is 1. The van der Waals surface area contributed by atoms with Crippen LogP contribution in [0.1, 0.15) is 29.3 Å². The number of hydrogen-bond acceptors (Lipinski definition) is 1. The van der Waals surface area contributed by atoms with Crippen LogP contribution in [0.2, 0.25) is 0 Å². The van der Waals surface area contributed by atoms with Gasteiger partial charge in [0.2, 0.25) is 12.3 Å². The topological polar surface area (TPSA) is 20.9 Å². The van der Waals surface area contributed by atoms with Crippen LogP contribution >= 0.6 is 0 Å². The molecule has 0 fully saturated rings. The standard InChI is InChI=1S/C24BF20.C16H18NO/c26-5-1(6(27)14(35)21(42)13(5)34)25(2-7(28)15(36)22(43)16(37)8(2)29,3-9(30)17(38)23(44)18(39)10(3)31)4-11(32)19(40)24(45)20(41)12(4)33;1-2-6-14-7-9-15(10-8-14)16(18)13-17-11-4-3-5-12-17/h;3-5,7-12H,2,6,13H2,1H3/q-1;+1. The lowest BCUT2D eigenvalue weighted by Gasteiger charge is -2.44. The van der Waals surface area contributed by atoms with E-state index < -0.39 is 144 Å². The van der Waals surface area contributed by atoms with Crippen molar-refractivity contribution in [3.8, 4) is 0 Å². The predicted molar refractivity (Wildman–Crippen MR) is 181 cm³/mol. The highest BCUT2D eigenvalue weighted by atomic mass is 19.2. The molecule has 0 N–H and O–H groups in total. The van der Waals surface area contributed by atoms with Crippen LogP contribution in [0.3, 0.4) is 0 Å². The summed E-state index contributed by atoms with van der Waals surface area (Å²) in [5.41, 5.74) is -12.3. The lowest BCUT2D eigenvalue weighted by Crippen LogP contribution is -2.81. The van der Waals surface area contributed by atoms with Gasteiger partial charge in [-0.15, -0.1) is 21.9 Å². The number of hydrogen-bond donors (Lipinski definition) is 0. The Morgan fingerprint density at radius 2 is 0.651 bits per heavy atom. The average Bonchev–Trinajstić information content (AvgIpc) is 3.27. The second kappa shape index (κ2) is 18.1. The largest absolute Gasteiger partial charge is 0.287 e. The minimum absolute atomic E-state index is 0.147. The van der Waals surface area contributed by atoms with Crippen molar-refractivity contribution in [3.63, 3.8) is 0 Å². The zero-order valence-corrected chi connectivity index (χ0v) is 30.8. The quantitative estimate of drug-likeness (QED) is 0.0356. The fraction of sp³-hybridized carbons (Fsp3) is 0.100. The number of Topliss-reactive ketones (excluding diaryl/α,β-unsaturated/α-hetero) is 1. The van der Waals surface area contributed by atoms with Crippen LogP contribution in [-0.4, -0.2) is 11.9 Å². The number of carbonyl (C=O) groups is 1. The van der Waals surface area contributed by atoms with Gasteiger partial charge >= 0.3 is 0 Å². The molecule has 6 aromatic rings. The molecule has 0 spiro atoms. The molecule has 63 heavy (non-hydrogen) atoms. The molecule has 6 rings (SSSR count). The first-order chi connectivity index (χ1) is 29.5. The highest BCUT2D eigenvalue weighted by molar-refractivity contribution is 7.20. The molecule has 0 bridgehead atoms. The van der Waals surface area contributed by atoms with E-state index in [2.05, 4.69) is 6.92 Å². The molecule has 1 aromatic heterocycles. The van der Waals surface area contributed by atoms with Gasteiger partial charge in [-0.1, -0.05) is 43.7 Å². The van der Waals surface area contributed by atoms with Crippen LogP contribution < -0.4 is 26.4 Å². The van der Waals surface area contributed by atoms with E-state index in [1.165, 1.54) is 5.56 Å². The summed E-state index contributed by atoms with van der Waals surface area (Å²) < 4.78 is 296. The molecule has 23 heteroatoms. The normalized spacial score (nSPS) is 11.5. The van der Waals surface area contributed by atoms with Crippen molar-refractivity contribution in [2.75, 3.05) is 0 Å². The van der Waals surface area contributed by atoms with Gasteiger partial charge in [-0.3, -0.25) is 4.79 Å². The van der Waals surface area contributed by atoms with Crippen LogP contribution in [0.25, 0.3) is 0 Å². The Morgan fingerprint density at radius 3 is 0.905 bits per heavy atom. The number of halogens is 20. The molecular weight excluding hydrogens is 901 g/mol. The van der Waals surface area contributed by atoms with E-state index in [4.69, 9.17) is 0 Å². The average molecular weight is 919 g/mol. The van der Waals surface area contributed by atoms with E-state index in [9.17, 15) is 57.5 Å². The molecule has 0 saturated carbocycles. The molecule has 5 aromatic carbocycles. The van der Waals surface area contributed by atoms with E-state index in [-0.39, 0.29) is 5.78 Å². The number of carbonyl (C=O) groups excluding carboxylic acids is 1. The van der Waals surface area contributed by atoms with Gasteiger partial charge in [0.05, 0.1) is 0 Å². The maximum absolute atomic E-state index is 15.4. The smallest absolute Gasteiger partial charge is 0.227 e. The number of nitrogens with zero attached hydrogens (tertiary/aromatic N) is 1. The Labute approximate surface area is 339 Å². The van der Waals surface area contributed by atoms with Gasteiger partial charge in [-0.25, -0.2) is 87.8 Å². The van der Waals surface area contributed by atoms with Crippen molar-refractivity contribution in [2.24, 2.45) is 0 Å². The monoisotopic (exact) mass is 919 g/mol. The third-order valence-electron chi connectivity index (χ3n) is 9.63. The summed E-state index contributed by atoms with van der Waals surface area (Å²) >= 11 is 0. The first-order valence-corrected chi connectivity index (χ1v) is 17.3. The molecule has 0 amide bonds. The molecule has 0 aliphatic heterocycles. The van der Waals surface area contributed by atoms with Crippen molar-refractivity contribution in [3.05, 3.63) is 182 Å². The van der Waals surface area contributed by atoms with Crippen molar-refractivity contribution in [1.82, 2.24) is 0 Å². The Balaban J connectivity index is 0.000000345. The minimum atomic E-state index is -7.22. The number of aromatic nitrogens is 1. The van der Waals surface area contributed by atoms with Crippen LogP contribution in [-0.2, 0) is 13.0 Å². The van der Waals surface area contributed by atoms with Crippen molar-refractivity contribution < 1.29 is 97.2 Å². The Morgan fingerprint density at radius 1 is 0.397 bits per heavy atom.